The third-order valence-electron chi connectivity index (χ3n) is 6.04. The van der Waals surface area contributed by atoms with Gasteiger partial charge >= 0.3 is 0 Å². The van der Waals surface area contributed by atoms with Gasteiger partial charge in [0.1, 0.15) is 12.5 Å². The first-order valence-corrected chi connectivity index (χ1v) is 8.96. The monoisotopic (exact) mass is 355 g/mol. The van der Waals surface area contributed by atoms with E-state index in [1.54, 1.807) is 4.68 Å². The van der Waals surface area contributed by atoms with Crippen LogP contribution in [0.1, 0.15) is 32.0 Å². The molecule has 138 valence electrons. The summed E-state index contributed by atoms with van der Waals surface area (Å²) in [4.78, 5) is 15.0. The number of aromatic nitrogens is 4. The molecule has 1 aliphatic heterocycles. The lowest BCUT2D eigenvalue weighted by atomic mass is 9.87. The summed E-state index contributed by atoms with van der Waals surface area (Å²) >= 11 is 0. The number of rotatable bonds is 5. The van der Waals surface area contributed by atoms with Crippen molar-refractivity contribution in [3.05, 3.63) is 42.2 Å². The number of likely N-dealkylation sites (N-methyl/N-ethyl adjacent to an activating group) is 1. The van der Waals surface area contributed by atoms with E-state index in [-0.39, 0.29) is 28.8 Å². The van der Waals surface area contributed by atoms with Crippen LogP contribution in [0, 0.1) is 11.3 Å². The Morgan fingerprint density at radius 3 is 2.69 bits per heavy atom. The van der Waals surface area contributed by atoms with Gasteiger partial charge in [-0.2, -0.15) is 0 Å². The van der Waals surface area contributed by atoms with E-state index in [0.29, 0.717) is 13.1 Å². The number of hydrazine groups is 1. The summed E-state index contributed by atoms with van der Waals surface area (Å²) in [5.74, 6) is -0.154. The minimum Gasteiger partial charge on any atom is -0.344 e. The lowest BCUT2D eigenvalue weighted by Gasteiger charge is -2.30. The van der Waals surface area contributed by atoms with Crippen LogP contribution in [0.3, 0.4) is 0 Å². The number of nitrogens with zero attached hydrogens (tertiary/aromatic N) is 5. The Kier molecular flexibility index (Phi) is 4.04. The molecule has 0 radical (unpaired) electrons. The van der Waals surface area contributed by atoms with Crippen molar-refractivity contribution >= 4 is 5.91 Å². The van der Waals surface area contributed by atoms with E-state index < -0.39 is 0 Å². The van der Waals surface area contributed by atoms with Gasteiger partial charge in [0.2, 0.25) is 5.91 Å². The average molecular weight is 355 g/mol. The number of carbonyl (C=O) groups excluding carboxylic acids is 1. The summed E-state index contributed by atoms with van der Waals surface area (Å²) in [6, 6.07) is 10.5. The predicted octanol–water partition coefficient (Wildman–Crippen LogP) is 0.722. The molecule has 3 atom stereocenters. The molecular weight excluding hydrogens is 330 g/mol. The van der Waals surface area contributed by atoms with E-state index in [0.717, 1.165) is 6.42 Å². The summed E-state index contributed by atoms with van der Waals surface area (Å²) in [5.41, 5.74) is 7.66. The van der Waals surface area contributed by atoms with E-state index in [9.17, 15) is 4.79 Å². The zero-order valence-electron chi connectivity index (χ0n) is 15.4. The van der Waals surface area contributed by atoms with Gasteiger partial charge in [-0.25, -0.2) is 10.1 Å². The molecule has 8 heteroatoms. The van der Waals surface area contributed by atoms with E-state index in [4.69, 9.17) is 0 Å². The highest BCUT2D eigenvalue weighted by molar-refractivity contribution is 5.80. The Balaban J connectivity index is 1.52. The van der Waals surface area contributed by atoms with Crippen molar-refractivity contribution in [1.82, 2.24) is 36.0 Å². The molecule has 4 rings (SSSR count). The van der Waals surface area contributed by atoms with Crippen molar-refractivity contribution in [2.24, 2.45) is 11.3 Å². The van der Waals surface area contributed by atoms with Crippen LogP contribution >= 0.6 is 0 Å². The fourth-order valence-electron chi connectivity index (χ4n) is 4.34. The van der Waals surface area contributed by atoms with Gasteiger partial charge in [-0.15, -0.1) is 5.10 Å². The fourth-order valence-corrected chi connectivity index (χ4v) is 4.34. The van der Waals surface area contributed by atoms with E-state index in [2.05, 4.69) is 64.5 Å². The fraction of sp³-hybridized carbons (Fsp3) is 0.556. The van der Waals surface area contributed by atoms with Crippen LogP contribution in [-0.2, 0) is 10.2 Å². The molecule has 1 aromatic carbocycles. The van der Waals surface area contributed by atoms with Gasteiger partial charge in [0.15, 0.2) is 0 Å². The molecular formula is C18H25N7O. The van der Waals surface area contributed by atoms with Crippen LogP contribution < -0.4 is 10.9 Å². The van der Waals surface area contributed by atoms with Crippen LogP contribution in [-0.4, -0.2) is 51.2 Å². The van der Waals surface area contributed by atoms with Crippen molar-refractivity contribution in [3.8, 4) is 0 Å². The minimum absolute atomic E-state index is 0.0163. The number of carbonyl (C=O) groups is 1. The number of hydrogen-bond acceptors (Lipinski definition) is 6. The summed E-state index contributed by atoms with van der Waals surface area (Å²) in [7, 11) is 1.90. The lowest BCUT2D eigenvalue weighted by molar-refractivity contribution is -0.135. The molecule has 2 aromatic rings. The third kappa shape index (κ3) is 2.69. The molecule has 1 saturated carbocycles. The molecule has 1 aromatic heterocycles. The first kappa shape index (κ1) is 17.1. The second-order valence-electron chi connectivity index (χ2n) is 8.07. The molecule has 8 nitrogen and oxygen atoms in total. The van der Waals surface area contributed by atoms with Gasteiger partial charge in [-0.05, 0) is 27.8 Å². The van der Waals surface area contributed by atoms with Crippen LogP contribution in [0.25, 0.3) is 0 Å². The summed E-state index contributed by atoms with van der Waals surface area (Å²) in [5, 5.41) is 11.3. The molecule has 2 heterocycles. The second-order valence-corrected chi connectivity index (χ2v) is 8.07. The lowest BCUT2D eigenvalue weighted by Crippen LogP contribution is -2.43. The van der Waals surface area contributed by atoms with Crippen molar-refractivity contribution in [1.29, 1.82) is 0 Å². The van der Waals surface area contributed by atoms with Crippen LogP contribution in [0.5, 0.6) is 0 Å². The minimum atomic E-state index is -0.278. The molecule has 0 bridgehead atoms. The van der Waals surface area contributed by atoms with Crippen molar-refractivity contribution < 1.29 is 4.79 Å². The summed E-state index contributed by atoms with van der Waals surface area (Å²) < 4.78 is 1.59. The van der Waals surface area contributed by atoms with Gasteiger partial charge in [0, 0.05) is 25.6 Å². The van der Waals surface area contributed by atoms with Crippen molar-refractivity contribution in [2.75, 3.05) is 20.1 Å². The Morgan fingerprint density at radius 2 is 2.08 bits per heavy atom. The molecule has 1 aliphatic carbocycles. The molecule has 26 heavy (non-hydrogen) atoms. The molecule has 1 saturated heterocycles. The highest BCUT2D eigenvalue weighted by Gasteiger charge is 2.62. The van der Waals surface area contributed by atoms with Crippen molar-refractivity contribution in [2.45, 2.75) is 31.8 Å². The SMILES string of the molecule is CN(CC1(c2ccccc2)CC1(C)C)C(=O)C1CNNC1n1cnnn1. The molecule has 3 unspecified atom stereocenters. The smallest absolute Gasteiger partial charge is 0.230 e. The number of tetrazole rings is 1. The Bertz CT molecular complexity index is 776. The highest BCUT2D eigenvalue weighted by atomic mass is 16.2. The van der Waals surface area contributed by atoms with Gasteiger partial charge in [0.25, 0.3) is 0 Å². The van der Waals surface area contributed by atoms with Crippen LogP contribution in [0.15, 0.2) is 36.7 Å². The van der Waals surface area contributed by atoms with Gasteiger partial charge in [-0.1, -0.05) is 44.2 Å². The van der Waals surface area contributed by atoms with Gasteiger partial charge in [-0.3, -0.25) is 10.2 Å². The largest absolute Gasteiger partial charge is 0.344 e. The van der Waals surface area contributed by atoms with Gasteiger partial charge in [0.05, 0.1) is 5.92 Å². The molecule has 2 aliphatic rings. The average Bonchev–Trinajstić information content (AvgIpc) is 3.10. The quantitative estimate of drug-likeness (QED) is 0.822. The number of amides is 1. The Morgan fingerprint density at radius 1 is 1.35 bits per heavy atom. The van der Waals surface area contributed by atoms with Gasteiger partial charge < -0.3 is 4.90 Å². The normalized spacial score (nSPS) is 29.5. The molecule has 2 fully saturated rings. The van der Waals surface area contributed by atoms with Crippen LogP contribution in [0.2, 0.25) is 0 Å². The molecule has 2 N–H and O–H groups in total. The zero-order chi connectivity index (χ0) is 18.4. The second kappa shape index (κ2) is 6.14. The van der Waals surface area contributed by atoms with E-state index in [1.807, 2.05) is 18.0 Å². The number of hydrogen-bond donors (Lipinski definition) is 2. The maximum Gasteiger partial charge on any atom is 0.230 e. The van der Waals surface area contributed by atoms with E-state index >= 15 is 0 Å². The van der Waals surface area contributed by atoms with Crippen LogP contribution in [0.4, 0.5) is 0 Å². The summed E-state index contributed by atoms with van der Waals surface area (Å²) in [6.45, 7) is 5.82. The first-order chi connectivity index (χ1) is 12.4. The third-order valence-corrected chi connectivity index (χ3v) is 6.04. The maximum atomic E-state index is 13.2. The zero-order valence-corrected chi connectivity index (χ0v) is 15.4. The maximum absolute atomic E-state index is 13.2. The Hall–Kier alpha value is -2.32. The highest BCUT2D eigenvalue weighted by Crippen LogP contribution is 2.64. The first-order valence-electron chi connectivity index (χ1n) is 8.96. The topological polar surface area (TPSA) is 88.0 Å². The molecule has 0 spiro atoms. The molecule has 1 amide bonds. The van der Waals surface area contributed by atoms with E-state index in [1.165, 1.54) is 11.9 Å². The Labute approximate surface area is 152 Å². The predicted molar refractivity (Wildman–Crippen MR) is 95.6 cm³/mol. The standard InChI is InChI=1S/C18H25N7O/c1-17(2)10-18(17,13-7-5-4-6-8-13)11-24(3)16(26)14-9-19-21-15(14)25-12-20-22-23-25/h4-8,12,14-15,19,21H,9-11H2,1-3H3. The summed E-state index contributed by atoms with van der Waals surface area (Å²) in [6.07, 6.45) is 2.33. The number of benzene rings is 1. The number of nitrogens with one attached hydrogen (secondary N) is 2. The van der Waals surface area contributed by atoms with Crippen molar-refractivity contribution in [3.63, 3.8) is 0 Å².